The number of urea groups is 1. The van der Waals surface area contributed by atoms with Crippen LogP contribution in [-0.4, -0.2) is 29.3 Å². The van der Waals surface area contributed by atoms with Crippen molar-refractivity contribution in [3.05, 3.63) is 63.1 Å². The first kappa shape index (κ1) is 16.8. The van der Waals surface area contributed by atoms with Crippen molar-refractivity contribution in [2.24, 2.45) is 0 Å². The van der Waals surface area contributed by atoms with Gasteiger partial charge in [-0.1, -0.05) is 40.9 Å². The molecule has 0 aliphatic carbocycles. The molecule has 3 rings (SSSR count). The van der Waals surface area contributed by atoms with Crippen molar-refractivity contribution in [2.45, 2.75) is 0 Å². The number of carbonyl (C=O) groups excluding carboxylic acids is 3. The molecule has 8 heteroatoms. The largest absolute Gasteiger partial charge is 0.338 e. The van der Waals surface area contributed by atoms with Crippen molar-refractivity contribution in [3.63, 3.8) is 0 Å². The Hall–Kier alpha value is -2.08. The average molecular weight is 384 g/mol. The first-order chi connectivity index (χ1) is 11.4. The van der Waals surface area contributed by atoms with Crippen LogP contribution in [0.15, 0.2) is 42.5 Å². The lowest BCUT2D eigenvalue weighted by Gasteiger charge is -2.17. The lowest BCUT2D eigenvalue weighted by molar-refractivity contribution is -0.116. The molecule has 1 fully saturated rings. The molecule has 5 nitrogen and oxygen atoms in total. The molecule has 0 bridgehead atoms. The second-order valence-electron chi connectivity index (χ2n) is 4.98. The van der Waals surface area contributed by atoms with E-state index < -0.39 is 17.8 Å². The molecule has 0 unspecified atom stereocenters. The normalized spacial score (nSPS) is 14.5. The topological polar surface area (TPSA) is 57.7 Å². The molecule has 4 amide bonds. The maximum Gasteiger partial charge on any atom is 0.338 e. The van der Waals surface area contributed by atoms with E-state index in [2.05, 4.69) is 0 Å². The molecular formula is C16H9Cl3N2O3. The molecule has 0 N–H and O–H groups in total. The van der Waals surface area contributed by atoms with E-state index in [9.17, 15) is 14.4 Å². The zero-order valence-electron chi connectivity index (χ0n) is 12.0. The molecule has 0 aromatic heterocycles. The van der Waals surface area contributed by atoms with Gasteiger partial charge in [-0.2, -0.15) is 0 Å². The van der Waals surface area contributed by atoms with Crippen molar-refractivity contribution >= 4 is 58.3 Å². The summed E-state index contributed by atoms with van der Waals surface area (Å²) in [6.07, 6.45) is 0. The lowest BCUT2D eigenvalue weighted by atomic mass is 10.2. The van der Waals surface area contributed by atoms with Crippen LogP contribution < -0.4 is 4.90 Å². The van der Waals surface area contributed by atoms with Gasteiger partial charge in [0.15, 0.2) is 0 Å². The molecular weight excluding hydrogens is 375 g/mol. The fourth-order valence-electron chi connectivity index (χ4n) is 2.34. The summed E-state index contributed by atoms with van der Waals surface area (Å²) in [4.78, 5) is 39.1. The Kier molecular flexibility index (Phi) is 4.49. The van der Waals surface area contributed by atoms with Crippen LogP contribution in [0.5, 0.6) is 0 Å². The summed E-state index contributed by atoms with van der Waals surface area (Å²) in [5.74, 6) is -1.25. The highest BCUT2D eigenvalue weighted by Crippen LogP contribution is 2.29. The summed E-state index contributed by atoms with van der Waals surface area (Å²) in [7, 11) is 0. The minimum Gasteiger partial charge on any atom is -0.272 e. The SMILES string of the molecule is O=C(c1c(Cl)cccc1Cl)N1CC(=O)N(c2ccc(Cl)cc2)C1=O. The maximum atomic E-state index is 12.6. The monoisotopic (exact) mass is 382 g/mol. The number of carbonyl (C=O) groups is 3. The number of halogens is 3. The molecule has 2 aromatic rings. The van der Waals surface area contributed by atoms with E-state index in [-0.39, 0.29) is 22.2 Å². The van der Waals surface area contributed by atoms with Crippen LogP contribution in [0.3, 0.4) is 0 Å². The summed E-state index contributed by atoms with van der Waals surface area (Å²) >= 11 is 17.8. The van der Waals surface area contributed by atoms with E-state index in [1.807, 2.05) is 0 Å². The van der Waals surface area contributed by atoms with Gasteiger partial charge in [0, 0.05) is 5.02 Å². The minimum atomic E-state index is -0.761. The van der Waals surface area contributed by atoms with Gasteiger partial charge in [0.25, 0.3) is 11.8 Å². The first-order valence-electron chi connectivity index (χ1n) is 6.78. The third kappa shape index (κ3) is 2.86. The third-order valence-corrected chi connectivity index (χ3v) is 4.35. The molecule has 1 saturated heterocycles. The molecule has 122 valence electrons. The summed E-state index contributed by atoms with van der Waals surface area (Å²) in [6.45, 7) is -0.387. The lowest BCUT2D eigenvalue weighted by Crippen LogP contribution is -2.36. The molecule has 1 heterocycles. The number of nitrogens with zero attached hydrogens (tertiary/aromatic N) is 2. The Morgan fingerprint density at radius 1 is 0.917 bits per heavy atom. The van der Waals surface area contributed by atoms with Gasteiger partial charge in [-0.05, 0) is 36.4 Å². The molecule has 0 spiro atoms. The van der Waals surface area contributed by atoms with E-state index in [1.165, 1.54) is 24.3 Å². The Bertz CT molecular complexity index is 832. The van der Waals surface area contributed by atoms with Crippen molar-refractivity contribution in [1.29, 1.82) is 0 Å². The summed E-state index contributed by atoms with van der Waals surface area (Å²) in [6, 6.07) is 9.93. The van der Waals surface area contributed by atoms with Crippen LogP contribution in [-0.2, 0) is 4.79 Å². The number of benzene rings is 2. The Labute approximate surface area is 152 Å². The molecule has 0 atom stereocenters. The Morgan fingerprint density at radius 2 is 1.50 bits per heavy atom. The van der Waals surface area contributed by atoms with Crippen molar-refractivity contribution < 1.29 is 14.4 Å². The Morgan fingerprint density at radius 3 is 2.08 bits per heavy atom. The van der Waals surface area contributed by atoms with E-state index in [4.69, 9.17) is 34.8 Å². The number of hydrogen-bond acceptors (Lipinski definition) is 3. The predicted molar refractivity (Wildman–Crippen MR) is 91.8 cm³/mol. The number of imide groups is 2. The van der Waals surface area contributed by atoms with Gasteiger partial charge in [0.2, 0.25) is 0 Å². The zero-order valence-corrected chi connectivity index (χ0v) is 14.3. The smallest absolute Gasteiger partial charge is 0.272 e. The van der Waals surface area contributed by atoms with Crippen LogP contribution in [0.4, 0.5) is 10.5 Å². The molecule has 24 heavy (non-hydrogen) atoms. The highest BCUT2D eigenvalue weighted by Gasteiger charge is 2.41. The summed E-state index contributed by atoms with van der Waals surface area (Å²) < 4.78 is 0. The second kappa shape index (κ2) is 6.43. The maximum absolute atomic E-state index is 12.6. The molecule has 1 aliphatic rings. The minimum absolute atomic E-state index is 0.0139. The fraction of sp³-hybridized carbons (Fsp3) is 0.0625. The van der Waals surface area contributed by atoms with Crippen molar-refractivity contribution in [1.82, 2.24) is 4.90 Å². The average Bonchev–Trinajstić information content (AvgIpc) is 2.83. The van der Waals surface area contributed by atoms with Gasteiger partial charge in [-0.3, -0.25) is 9.59 Å². The van der Waals surface area contributed by atoms with Crippen molar-refractivity contribution in [3.8, 4) is 0 Å². The third-order valence-electron chi connectivity index (χ3n) is 3.47. The molecule has 0 saturated carbocycles. The van der Waals surface area contributed by atoms with Crippen LogP contribution in [0.2, 0.25) is 15.1 Å². The number of rotatable bonds is 2. The highest BCUT2D eigenvalue weighted by molar-refractivity contribution is 6.40. The van der Waals surface area contributed by atoms with Gasteiger partial charge in [-0.15, -0.1) is 0 Å². The molecule has 1 aliphatic heterocycles. The van der Waals surface area contributed by atoms with Gasteiger partial charge >= 0.3 is 6.03 Å². The van der Waals surface area contributed by atoms with E-state index in [1.54, 1.807) is 18.2 Å². The molecule has 2 aromatic carbocycles. The van der Waals surface area contributed by atoms with Gasteiger partial charge in [0.1, 0.15) is 6.54 Å². The number of anilines is 1. The van der Waals surface area contributed by atoms with Gasteiger partial charge in [0.05, 0.1) is 21.3 Å². The van der Waals surface area contributed by atoms with Gasteiger partial charge in [-0.25, -0.2) is 14.6 Å². The van der Waals surface area contributed by atoms with Crippen LogP contribution in [0.25, 0.3) is 0 Å². The van der Waals surface area contributed by atoms with E-state index >= 15 is 0 Å². The van der Waals surface area contributed by atoms with E-state index in [0.717, 1.165) is 9.80 Å². The predicted octanol–water partition coefficient (Wildman–Crippen LogP) is 4.26. The van der Waals surface area contributed by atoms with Crippen LogP contribution >= 0.6 is 34.8 Å². The standard InChI is InChI=1S/C16H9Cl3N2O3/c17-9-4-6-10(7-5-9)21-13(22)8-20(16(21)24)15(23)14-11(18)2-1-3-12(14)19/h1-7H,8H2. The fourth-order valence-corrected chi connectivity index (χ4v) is 3.03. The Balaban J connectivity index is 1.94. The summed E-state index contributed by atoms with van der Waals surface area (Å²) in [5.41, 5.74) is 0.315. The van der Waals surface area contributed by atoms with Crippen LogP contribution in [0.1, 0.15) is 10.4 Å². The first-order valence-corrected chi connectivity index (χ1v) is 7.92. The number of hydrogen-bond donors (Lipinski definition) is 0. The molecule has 0 radical (unpaired) electrons. The zero-order chi connectivity index (χ0) is 17.4. The number of amides is 4. The van der Waals surface area contributed by atoms with Crippen LogP contribution in [0, 0.1) is 0 Å². The van der Waals surface area contributed by atoms with E-state index in [0.29, 0.717) is 10.7 Å². The van der Waals surface area contributed by atoms with Gasteiger partial charge < -0.3 is 0 Å². The quantitative estimate of drug-likeness (QED) is 0.728. The second-order valence-corrected chi connectivity index (χ2v) is 6.23. The van der Waals surface area contributed by atoms with Crippen molar-refractivity contribution in [2.75, 3.05) is 11.4 Å². The summed E-state index contributed by atoms with van der Waals surface area (Å²) in [5, 5.41) is 0.684. The highest BCUT2D eigenvalue weighted by atomic mass is 35.5.